The highest BCUT2D eigenvalue weighted by molar-refractivity contribution is 7.47. The molecule has 11 heteroatoms. The molecule has 10 nitrogen and oxygen atoms in total. The van der Waals surface area contributed by atoms with E-state index in [1.165, 1.54) is 199 Å². The first-order valence-corrected chi connectivity index (χ1v) is 26.6. The number of hydrogen-bond donors (Lipinski definition) is 3. The molecular weight excluding hydrogens is 766 g/mol. The summed E-state index contributed by atoms with van der Waals surface area (Å²) in [5.74, 6) is -1.76. The van der Waals surface area contributed by atoms with Crippen molar-refractivity contribution in [1.29, 1.82) is 0 Å². The molecule has 0 aliphatic rings. The molecule has 0 heterocycles. The van der Waals surface area contributed by atoms with Gasteiger partial charge in [-0.1, -0.05) is 239 Å². The van der Waals surface area contributed by atoms with Crippen LogP contribution in [0.5, 0.6) is 0 Å². The summed E-state index contributed by atoms with van der Waals surface area (Å²) in [6, 6.07) is -1.47. The van der Waals surface area contributed by atoms with E-state index in [1.807, 2.05) is 0 Å². The van der Waals surface area contributed by atoms with Crippen LogP contribution >= 0.6 is 7.82 Å². The van der Waals surface area contributed by atoms with E-state index in [2.05, 4.69) is 13.8 Å². The summed E-state index contributed by atoms with van der Waals surface area (Å²) in [6.07, 6.45) is 47.3. The van der Waals surface area contributed by atoms with Gasteiger partial charge < -0.3 is 25.2 Å². The molecule has 0 saturated heterocycles. The fourth-order valence-corrected chi connectivity index (χ4v) is 8.27. The number of aliphatic carboxylic acids is 1. The van der Waals surface area contributed by atoms with Crippen molar-refractivity contribution < 1.29 is 42.7 Å². The number of carboxylic acids is 1. The standard InChI is InChI=1S/C48H96NO9P/c1-3-5-7-9-11-13-15-17-19-20-21-22-23-24-25-26-28-30-32-34-36-38-40-47(50)58-45(43-56-59(53,54)57-44-46(49)48(51)52)42-55-41-39-37-35-33-31-29-27-18-16-14-12-10-8-6-4-2/h45-46H,3-44,49H2,1-2H3,(H,51,52)(H,53,54). The van der Waals surface area contributed by atoms with Crippen molar-refractivity contribution in [3.63, 3.8) is 0 Å². The van der Waals surface area contributed by atoms with Crippen LogP contribution in [0.3, 0.4) is 0 Å². The number of carbonyl (C=O) groups is 2. The van der Waals surface area contributed by atoms with Gasteiger partial charge in [-0.3, -0.25) is 18.6 Å². The molecule has 0 aliphatic carbocycles. The number of hydrogen-bond acceptors (Lipinski definition) is 8. The second-order valence-corrected chi connectivity index (χ2v) is 18.8. The lowest BCUT2D eigenvalue weighted by Gasteiger charge is -2.20. The van der Waals surface area contributed by atoms with E-state index >= 15 is 0 Å². The van der Waals surface area contributed by atoms with E-state index in [-0.39, 0.29) is 13.0 Å². The maximum atomic E-state index is 12.7. The Balaban J connectivity index is 4.07. The highest BCUT2D eigenvalue weighted by atomic mass is 31.2. The summed E-state index contributed by atoms with van der Waals surface area (Å²) in [4.78, 5) is 33.6. The number of unbranched alkanes of at least 4 members (excludes halogenated alkanes) is 35. The van der Waals surface area contributed by atoms with Crippen LogP contribution in [0.1, 0.15) is 258 Å². The fraction of sp³-hybridized carbons (Fsp3) is 0.958. The zero-order valence-electron chi connectivity index (χ0n) is 38.6. The monoisotopic (exact) mass is 862 g/mol. The van der Waals surface area contributed by atoms with Crippen molar-refractivity contribution in [3.8, 4) is 0 Å². The minimum atomic E-state index is -4.61. The Hall–Kier alpha value is -1.03. The van der Waals surface area contributed by atoms with Crippen LogP contribution in [-0.2, 0) is 32.7 Å². The molecule has 0 radical (unpaired) electrons. The van der Waals surface area contributed by atoms with E-state index in [9.17, 15) is 19.0 Å². The Kier molecular flexibility index (Phi) is 44.2. The van der Waals surface area contributed by atoms with E-state index in [4.69, 9.17) is 29.4 Å². The predicted octanol–water partition coefficient (Wildman–Crippen LogP) is 14.3. The summed E-state index contributed by atoms with van der Waals surface area (Å²) < 4.78 is 33.5. The summed E-state index contributed by atoms with van der Waals surface area (Å²) >= 11 is 0. The maximum Gasteiger partial charge on any atom is 0.472 e. The van der Waals surface area contributed by atoms with E-state index in [0.29, 0.717) is 6.61 Å². The summed E-state index contributed by atoms with van der Waals surface area (Å²) in [5, 5.41) is 8.92. The Bertz CT molecular complexity index is 955. The molecule has 0 bridgehead atoms. The molecule has 0 amide bonds. The molecule has 3 unspecified atom stereocenters. The van der Waals surface area contributed by atoms with Crippen LogP contribution in [-0.4, -0.2) is 60.5 Å². The smallest absolute Gasteiger partial charge is 0.472 e. The molecule has 0 saturated carbocycles. The minimum Gasteiger partial charge on any atom is -0.480 e. The van der Waals surface area contributed by atoms with Gasteiger partial charge in [0.05, 0.1) is 19.8 Å². The quantitative estimate of drug-likeness (QED) is 0.0306. The first kappa shape index (κ1) is 58.0. The number of ether oxygens (including phenoxy) is 2. The second kappa shape index (κ2) is 45.0. The molecular formula is C48H96NO9P. The van der Waals surface area contributed by atoms with Crippen LogP contribution in [0, 0.1) is 0 Å². The third-order valence-electron chi connectivity index (χ3n) is 11.4. The van der Waals surface area contributed by atoms with Crippen LogP contribution in [0.25, 0.3) is 0 Å². The van der Waals surface area contributed by atoms with Gasteiger partial charge in [0.25, 0.3) is 0 Å². The normalized spacial score (nSPS) is 13.7. The highest BCUT2D eigenvalue weighted by Crippen LogP contribution is 2.43. The van der Waals surface area contributed by atoms with Gasteiger partial charge in [0.15, 0.2) is 0 Å². The molecule has 59 heavy (non-hydrogen) atoms. The third-order valence-corrected chi connectivity index (χ3v) is 12.3. The van der Waals surface area contributed by atoms with Crippen molar-refractivity contribution in [2.45, 2.75) is 270 Å². The Morgan fingerprint density at radius 1 is 0.475 bits per heavy atom. The molecule has 0 aliphatic heterocycles. The summed E-state index contributed by atoms with van der Waals surface area (Å²) in [7, 11) is -4.61. The van der Waals surface area contributed by atoms with Crippen molar-refractivity contribution in [2.75, 3.05) is 26.4 Å². The number of phosphoric ester groups is 1. The number of phosphoric acid groups is 1. The molecule has 0 aromatic rings. The Labute approximate surface area is 363 Å². The van der Waals surface area contributed by atoms with E-state index < -0.39 is 45.1 Å². The minimum absolute atomic E-state index is 0.0261. The lowest BCUT2D eigenvalue weighted by Crippen LogP contribution is -2.34. The van der Waals surface area contributed by atoms with Crippen LogP contribution in [0.4, 0.5) is 0 Å². The van der Waals surface area contributed by atoms with E-state index in [0.717, 1.165) is 38.5 Å². The summed E-state index contributed by atoms with van der Waals surface area (Å²) in [6.45, 7) is 3.95. The average Bonchev–Trinajstić information content (AvgIpc) is 3.21. The average molecular weight is 862 g/mol. The summed E-state index contributed by atoms with van der Waals surface area (Å²) in [5.41, 5.74) is 5.37. The lowest BCUT2D eigenvalue weighted by molar-refractivity contribution is -0.154. The third kappa shape index (κ3) is 44.8. The number of carbonyl (C=O) groups excluding carboxylic acids is 1. The van der Waals surface area contributed by atoms with Gasteiger partial charge in [-0.2, -0.15) is 0 Å². The second-order valence-electron chi connectivity index (χ2n) is 17.3. The number of carboxylic acid groups (broad SMARTS) is 1. The topological polar surface area (TPSA) is 155 Å². The van der Waals surface area contributed by atoms with Crippen molar-refractivity contribution in [1.82, 2.24) is 0 Å². The van der Waals surface area contributed by atoms with Crippen molar-refractivity contribution >= 4 is 19.8 Å². The van der Waals surface area contributed by atoms with Gasteiger partial charge in [0.2, 0.25) is 0 Å². The molecule has 352 valence electrons. The zero-order chi connectivity index (χ0) is 43.3. The first-order chi connectivity index (χ1) is 28.7. The van der Waals surface area contributed by atoms with Gasteiger partial charge in [-0.05, 0) is 12.8 Å². The van der Waals surface area contributed by atoms with Crippen LogP contribution in [0.15, 0.2) is 0 Å². The molecule has 4 N–H and O–H groups in total. The lowest BCUT2D eigenvalue weighted by atomic mass is 10.0. The Morgan fingerprint density at radius 3 is 1.12 bits per heavy atom. The van der Waals surface area contributed by atoms with E-state index in [1.54, 1.807) is 0 Å². The zero-order valence-corrected chi connectivity index (χ0v) is 39.5. The van der Waals surface area contributed by atoms with Crippen LogP contribution in [0.2, 0.25) is 0 Å². The molecule has 3 atom stereocenters. The van der Waals surface area contributed by atoms with Gasteiger partial charge in [0, 0.05) is 13.0 Å². The SMILES string of the molecule is CCCCCCCCCCCCCCCCCCCCCCCCC(=O)OC(COCCCCCCCCCCCCCCCCC)COP(=O)(O)OCC(N)C(=O)O. The van der Waals surface area contributed by atoms with Crippen molar-refractivity contribution in [2.24, 2.45) is 5.73 Å². The molecule has 0 aromatic heterocycles. The molecule has 0 rings (SSSR count). The van der Waals surface area contributed by atoms with Gasteiger partial charge >= 0.3 is 19.8 Å². The number of nitrogens with two attached hydrogens (primary N) is 1. The first-order valence-electron chi connectivity index (χ1n) is 25.1. The number of esters is 1. The predicted molar refractivity (Wildman–Crippen MR) is 245 cm³/mol. The largest absolute Gasteiger partial charge is 0.480 e. The Morgan fingerprint density at radius 2 is 0.780 bits per heavy atom. The molecule has 0 aromatic carbocycles. The molecule has 0 fully saturated rings. The van der Waals surface area contributed by atoms with Gasteiger partial charge in [-0.25, -0.2) is 4.57 Å². The fourth-order valence-electron chi connectivity index (χ4n) is 7.49. The van der Waals surface area contributed by atoms with Gasteiger partial charge in [-0.15, -0.1) is 0 Å². The maximum absolute atomic E-state index is 12.7. The van der Waals surface area contributed by atoms with Gasteiger partial charge in [0.1, 0.15) is 12.1 Å². The molecule has 0 spiro atoms. The van der Waals surface area contributed by atoms with Crippen LogP contribution < -0.4 is 5.73 Å². The highest BCUT2D eigenvalue weighted by Gasteiger charge is 2.27. The number of rotatable bonds is 49. The van der Waals surface area contributed by atoms with Crippen molar-refractivity contribution in [3.05, 3.63) is 0 Å².